The SMILES string of the molecule is c1ccc(OC2Cc3ccccc3C(Oc3ccc4cc5ccccc5cc4c3)(Oc3cccc4c3ccc3ccccc34)C2(Oc2ccc3ccccc3c2)Oc2cccc3ccccc23)cc1. The zero-order valence-corrected chi connectivity index (χ0v) is 37.5. The normalized spacial score (nSPS) is 17.8. The molecule has 0 fully saturated rings. The number of benzene rings is 12. The van der Waals surface area contributed by atoms with Crippen molar-refractivity contribution in [2.24, 2.45) is 0 Å². The highest BCUT2D eigenvalue weighted by Crippen LogP contribution is 2.53. The quantitative estimate of drug-likeness (QED) is 0.0778. The molecule has 0 aromatic heterocycles. The van der Waals surface area contributed by atoms with Crippen molar-refractivity contribution < 1.29 is 23.7 Å². The Labute approximate surface area is 399 Å². The van der Waals surface area contributed by atoms with Crippen LogP contribution in [0.1, 0.15) is 11.1 Å². The predicted octanol–water partition coefficient (Wildman–Crippen LogP) is 15.8. The Balaban J connectivity index is 1.14. The molecule has 330 valence electrons. The lowest BCUT2D eigenvalue weighted by Crippen LogP contribution is -2.74. The maximum atomic E-state index is 7.99. The van der Waals surface area contributed by atoms with Crippen molar-refractivity contribution in [1.29, 1.82) is 0 Å². The van der Waals surface area contributed by atoms with Crippen LogP contribution in [0.2, 0.25) is 0 Å². The van der Waals surface area contributed by atoms with Crippen molar-refractivity contribution in [2.75, 3.05) is 0 Å². The molecule has 1 aliphatic carbocycles. The molecule has 12 aromatic rings. The van der Waals surface area contributed by atoms with Crippen LogP contribution in [0.15, 0.2) is 249 Å². The molecule has 0 amide bonds. The summed E-state index contributed by atoms with van der Waals surface area (Å²) in [5, 5.41) is 12.5. The number of rotatable bonds is 10. The molecule has 5 heteroatoms. The van der Waals surface area contributed by atoms with E-state index in [0.717, 1.165) is 75.8 Å². The molecule has 0 bridgehead atoms. The van der Waals surface area contributed by atoms with Gasteiger partial charge in [-0.15, -0.1) is 0 Å². The molecule has 12 aromatic carbocycles. The van der Waals surface area contributed by atoms with Crippen molar-refractivity contribution in [1.82, 2.24) is 0 Å². The molecule has 3 unspecified atom stereocenters. The Bertz CT molecular complexity index is 3900. The first-order chi connectivity index (χ1) is 34.1. The Morgan fingerprint density at radius 2 is 0.826 bits per heavy atom. The van der Waals surface area contributed by atoms with Crippen molar-refractivity contribution in [2.45, 2.75) is 24.1 Å². The van der Waals surface area contributed by atoms with Gasteiger partial charge in [-0.05, 0) is 120 Å². The highest BCUT2D eigenvalue weighted by atomic mass is 16.8. The zero-order chi connectivity index (χ0) is 45.8. The first-order valence-corrected chi connectivity index (χ1v) is 23.5. The highest BCUT2D eigenvalue weighted by molar-refractivity contribution is 6.09. The van der Waals surface area contributed by atoms with Gasteiger partial charge in [0, 0.05) is 22.8 Å². The van der Waals surface area contributed by atoms with Gasteiger partial charge in [-0.1, -0.05) is 188 Å². The van der Waals surface area contributed by atoms with Crippen LogP contribution in [0.25, 0.3) is 64.6 Å². The van der Waals surface area contributed by atoms with Gasteiger partial charge in [0.2, 0.25) is 0 Å². The van der Waals surface area contributed by atoms with Gasteiger partial charge >= 0.3 is 11.6 Å². The Kier molecular flexibility index (Phi) is 9.69. The first-order valence-electron chi connectivity index (χ1n) is 23.5. The topological polar surface area (TPSA) is 46.2 Å². The van der Waals surface area contributed by atoms with Crippen LogP contribution in [-0.2, 0) is 12.2 Å². The van der Waals surface area contributed by atoms with Crippen LogP contribution >= 0.6 is 0 Å². The molecule has 13 rings (SSSR count). The van der Waals surface area contributed by atoms with Gasteiger partial charge in [0.15, 0.2) is 6.10 Å². The van der Waals surface area contributed by atoms with Crippen LogP contribution < -0.4 is 23.7 Å². The van der Waals surface area contributed by atoms with Gasteiger partial charge in [-0.3, -0.25) is 0 Å². The smallest absolute Gasteiger partial charge is 0.373 e. The van der Waals surface area contributed by atoms with Crippen LogP contribution in [0.4, 0.5) is 0 Å². The lowest BCUT2D eigenvalue weighted by Gasteiger charge is -2.53. The summed E-state index contributed by atoms with van der Waals surface area (Å²) in [4.78, 5) is 0. The summed E-state index contributed by atoms with van der Waals surface area (Å²) < 4.78 is 39.0. The van der Waals surface area contributed by atoms with E-state index in [0.29, 0.717) is 35.2 Å². The maximum Gasteiger partial charge on any atom is 0.373 e. The van der Waals surface area contributed by atoms with Crippen LogP contribution in [0.5, 0.6) is 28.7 Å². The largest absolute Gasteiger partial charge is 0.482 e. The van der Waals surface area contributed by atoms with E-state index in [1.165, 1.54) is 0 Å². The molecular formula is C64H44O5. The number of para-hydroxylation sites is 1. The Morgan fingerprint density at radius 1 is 0.304 bits per heavy atom. The Morgan fingerprint density at radius 3 is 1.62 bits per heavy atom. The van der Waals surface area contributed by atoms with Crippen LogP contribution in [-0.4, -0.2) is 11.9 Å². The number of hydrogen-bond donors (Lipinski definition) is 0. The van der Waals surface area contributed by atoms with E-state index in [9.17, 15) is 0 Å². The molecule has 1 aliphatic rings. The summed E-state index contributed by atoms with van der Waals surface area (Å²) in [5.41, 5.74) is 1.69. The Hall–Kier alpha value is -8.80. The van der Waals surface area contributed by atoms with Gasteiger partial charge in [-0.25, -0.2) is 0 Å². The summed E-state index contributed by atoms with van der Waals surface area (Å²) in [6.45, 7) is 0. The summed E-state index contributed by atoms with van der Waals surface area (Å²) >= 11 is 0. The van der Waals surface area contributed by atoms with E-state index in [2.05, 4.69) is 152 Å². The number of fused-ring (bicyclic) bond motifs is 8. The lowest BCUT2D eigenvalue weighted by atomic mass is 9.78. The minimum absolute atomic E-state index is 0.377. The summed E-state index contributed by atoms with van der Waals surface area (Å²) in [6, 6.07) is 84.9. The van der Waals surface area contributed by atoms with E-state index in [1.807, 2.05) is 97.1 Å². The summed E-state index contributed by atoms with van der Waals surface area (Å²) in [5.74, 6) is -1.03. The fraction of sp³-hybridized carbons (Fsp3) is 0.0625. The molecule has 5 nitrogen and oxygen atoms in total. The van der Waals surface area contributed by atoms with E-state index < -0.39 is 17.7 Å². The molecular weight excluding hydrogens is 849 g/mol. The van der Waals surface area contributed by atoms with E-state index in [4.69, 9.17) is 23.7 Å². The first kappa shape index (κ1) is 40.5. The number of hydrogen-bond acceptors (Lipinski definition) is 5. The zero-order valence-electron chi connectivity index (χ0n) is 37.5. The standard InChI is InChI=1S/C64H44O5/c1-2-24-52(25-3-1)65-62-42-50-22-10-13-29-59(50)63(66-54-36-33-49-38-46-19-6-7-20-47(46)39-51(49)41-54,68-61-31-15-28-57-55-26-11-8-18-45(55)34-37-58(57)61)64(62,67-53-35-32-43-16-4-5-21-48(43)40-53)69-60-30-14-23-44-17-9-12-27-56(44)60/h1-41,62H,42H2. The molecule has 0 radical (unpaired) electrons. The second-order valence-electron chi connectivity index (χ2n) is 17.8. The summed E-state index contributed by atoms with van der Waals surface area (Å²) in [6.07, 6.45) is -0.526. The predicted molar refractivity (Wildman–Crippen MR) is 279 cm³/mol. The van der Waals surface area contributed by atoms with Crippen molar-refractivity contribution >= 4 is 64.6 Å². The molecule has 0 heterocycles. The van der Waals surface area contributed by atoms with E-state index in [1.54, 1.807) is 0 Å². The highest BCUT2D eigenvalue weighted by Gasteiger charge is 2.72. The van der Waals surface area contributed by atoms with Crippen LogP contribution in [0, 0.1) is 0 Å². The second kappa shape index (κ2) is 16.5. The van der Waals surface area contributed by atoms with Gasteiger partial charge in [0.05, 0.1) is 0 Å². The summed E-state index contributed by atoms with van der Waals surface area (Å²) in [7, 11) is 0. The fourth-order valence-corrected chi connectivity index (χ4v) is 10.4. The third kappa shape index (κ3) is 7.01. The fourth-order valence-electron chi connectivity index (χ4n) is 10.4. The van der Waals surface area contributed by atoms with Crippen molar-refractivity contribution in [3.05, 3.63) is 260 Å². The van der Waals surface area contributed by atoms with Crippen LogP contribution in [0.3, 0.4) is 0 Å². The minimum atomic E-state index is -1.96. The minimum Gasteiger partial charge on any atom is -0.482 e. The lowest BCUT2D eigenvalue weighted by molar-refractivity contribution is -0.345. The van der Waals surface area contributed by atoms with Crippen molar-refractivity contribution in [3.8, 4) is 28.7 Å². The third-order valence-corrected chi connectivity index (χ3v) is 13.6. The van der Waals surface area contributed by atoms with Crippen molar-refractivity contribution in [3.63, 3.8) is 0 Å². The second-order valence-corrected chi connectivity index (χ2v) is 17.8. The molecule has 3 atom stereocenters. The number of ether oxygens (including phenoxy) is 5. The molecule has 69 heavy (non-hydrogen) atoms. The van der Waals surface area contributed by atoms with Gasteiger partial charge in [0.25, 0.3) is 0 Å². The average molecular weight is 893 g/mol. The monoisotopic (exact) mass is 892 g/mol. The average Bonchev–Trinajstić information content (AvgIpc) is 3.40. The molecule has 0 N–H and O–H groups in total. The maximum absolute atomic E-state index is 7.99. The van der Waals surface area contributed by atoms with Gasteiger partial charge < -0.3 is 23.7 Å². The van der Waals surface area contributed by atoms with E-state index >= 15 is 0 Å². The third-order valence-electron chi connectivity index (χ3n) is 13.6. The van der Waals surface area contributed by atoms with Gasteiger partial charge in [0.1, 0.15) is 28.7 Å². The molecule has 0 spiro atoms. The van der Waals surface area contributed by atoms with E-state index in [-0.39, 0.29) is 0 Å². The molecule has 0 saturated heterocycles. The molecule has 0 aliphatic heterocycles. The van der Waals surface area contributed by atoms with Gasteiger partial charge in [-0.2, -0.15) is 0 Å². The molecule has 0 saturated carbocycles.